The third-order valence-corrected chi connectivity index (χ3v) is 5.51. The van der Waals surface area contributed by atoms with E-state index in [-0.39, 0.29) is 0 Å². The van der Waals surface area contributed by atoms with Crippen LogP contribution in [0.2, 0.25) is 0 Å². The molecule has 0 aliphatic rings. The molecule has 6 aromatic rings. The lowest BCUT2D eigenvalue weighted by Gasteiger charge is -2.06. The fourth-order valence-corrected chi connectivity index (χ4v) is 4.25. The van der Waals surface area contributed by atoms with Crippen LogP contribution in [0.4, 0.5) is 0 Å². The zero-order valence-corrected chi connectivity index (χ0v) is 15.0. The van der Waals surface area contributed by atoms with Crippen LogP contribution in [-0.2, 0) is 6.54 Å². The van der Waals surface area contributed by atoms with Gasteiger partial charge in [-0.05, 0) is 43.3 Å². The number of rotatable bonds is 1. The number of hydrogen-bond donors (Lipinski definition) is 0. The van der Waals surface area contributed by atoms with Gasteiger partial charge in [0.05, 0.1) is 11.0 Å². The van der Waals surface area contributed by atoms with E-state index in [0.29, 0.717) is 0 Å². The minimum atomic E-state index is 0.805. The minimum absolute atomic E-state index is 0.805. The van der Waals surface area contributed by atoms with E-state index in [9.17, 15) is 0 Å². The van der Waals surface area contributed by atoms with Gasteiger partial charge >= 0.3 is 0 Å². The molecular weight excluding hydrogens is 330 g/mol. The van der Waals surface area contributed by atoms with Crippen molar-refractivity contribution in [3.8, 4) is 0 Å². The van der Waals surface area contributed by atoms with E-state index in [4.69, 9.17) is 9.97 Å². The molecule has 0 saturated carbocycles. The second kappa shape index (κ2) is 5.27. The van der Waals surface area contributed by atoms with Gasteiger partial charge in [-0.3, -0.25) is 0 Å². The average molecular weight is 347 g/mol. The SMILES string of the molecule is CCn1c2ccccc2c2cc3nc4nc5ccccc5cc4cc3cc21. The van der Waals surface area contributed by atoms with E-state index in [2.05, 4.69) is 66.1 Å². The highest BCUT2D eigenvalue weighted by Crippen LogP contribution is 2.33. The molecule has 0 atom stereocenters. The number of aryl methyl sites for hydroxylation is 1. The molecule has 3 aromatic heterocycles. The summed E-state index contributed by atoms with van der Waals surface area (Å²) in [7, 11) is 0. The molecule has 0 N–H and O–H groups in total. The Bertz CT molecular complexity index is 1510. The van der Waals surface area contributed by atoms with Crippen LogP contribution >= 0.6 is 0 Å². The number of nitrogens with zero attached hydrogens (tertiary/aromatic N) is 3. The first kappa shape index (κ1) is 14.7. The predicted octanol–water partition coefficient (Wildman–Crippen LogP) is 6.06. The third-order valence-electron chi connectivity index (χ3n) is 5.51. The van der Waals surface area contributed by atoms with Gasteiger partial charge in [-0.15, -0.1) is 0 Å². The van der Waals surface area contributed by atoms with Crippen molar-refractivity contribution < 1.29 is 0 Å². The molecular formula is C24H17N3. The minimum Gasteiger partial charge on any atom is -0.341 e. The Morgan fingerprint density at radius 3 is 2.37 bits per heavy atom. The number of fused-ring (bicyclic) bond motifs is 6. The predicted molar refractivity (Wildman–Crippen MR) is 113 cm³/mol. The summed E-state index contributed by atoms with van der Waals surface area (Å²) < 4.78 is 2.38. The first-order valence-corrected chi connectivity index (χ1v) is 9.33. The topological polar surface area (TPSA) is 30.7 Å². The van der Waals surface area contributed by atoms with Crippen LogP contribution in [0.25, 0.3) is 54.6 Å². The molecule has 0 radical (unpaired) electrons. The summed E-state index contributed by atoms with van der Waals surface area (Å²) in [5.41, 5.74) is 5.33. The second-order valence-electron chi connectivity index (χ2n) is 7.04. The van der Waals surface area contributed by atoms with Gasteiger partial charge in [0.15, 0.2) is 5.65 Å². The normalized spacial score (nSPS) is 12.0. The molecule has 0 spiro atoms. The lowest BCUT2D eigenvalue weighted by Crippen LogP contribution is -1.93. The van der Waals surface area contributed by atoms with Gasteiger partial charge in [-0.1, -0.05) is 36.4 Å². The van der Waals surface area contributed by atoms with Crippen molar-refractivity contribution in [2.75, 3.05) is 0 Å². The maximum Gasteiger partial charge on any atom is 0.160 e. The van der Waals surface area contributed by atoms with Crippen LogP contribution < -0.4 is 0 Å². The maximum atomic E-state index is 4.90. The molecule has 3 aromatic carbocycles. The van der Waals surface area contributed by atoms with Crippen LogP contribution in [0.5, 0.6) is 0 Å². The maximum absolute atomic E-state index is 4.90. The molecule has 3 nitrogen and oxygen atoms in total. The monoisotopic (exact) mass is 347 g/mol. The van der Waals surface area contributed by atoms with Gasteiger partial charge < -0.3 is 4.57 Å². The number of para-hydroxylation sites is 2. The molecule has 0 unspecified atom stereocenters. The summed E-state index contributed by atoms with van der Waals surface area (Å²) in [6, 6.07) is 25.7. The highest BCUT2D eigenvalue weighted by atomic mass is 15.0. The van der Waals surface area contributed by atoms with Crippen LogP contribution in [0.1, 0.15) is 6.92 Å². The second-order valence-corrected chi connectivity index (χ2v) is 7.04. The Hall–Kier alpha value is -3.46. The van der Waals surface area contributed by atoms with Crippen LogP contribution in [0.3, 0.4) is 0 Å². The van der Waals surface area contributed by atoms with Crippen LogP contribution in [-0.4, -0.2) is 14.5 Å². The van der Waals surface area contributed by atoms with Crippen LogP contribution in [0.15, 0.2) is 72.8 Å². The van der Waals surface area contributed by atoms with Crippen molar-refractivity contribution in [3.05, 3.63) is 72.8 Å². The van der Waals surface area contributed by atoms with Crippen molar-refractivity contribution in [1.29, 1.82) is 0 Å². The van der Waals surface area contributed by atoms with E-state index >= 15 is 0 Å². The summed E-state index contributed by atoms with van der Waals surface area (Å²) in [6.07, 6.45) is 0. The van der Waals surface area contributed by atoms with Crippen molar-refractivity contribution >= 4 is 54.6 Å². The van der Waals surface area contributed by atoms with E-state index < -0.39 is 0 Å². The fraction of sp³-hybridized carbons (Fsp3) is 0.0833. The molecule has 0 aliphatic carbocycles. The lowest BCUT2D eigenvalue weighted by molar-refractivity contribution is 0.827. The van der Waals surface area contributed by atoms with E-state index in [1.54, 1.807) is 0 Å². The molecule has 3 heteroatoms. The van der Waals surface area contributed by atoms with Gasteiger partial charge in [0.2, 0.25) is 0 Å². The quantitative estimate of drug-likeness (QED) is 0.338. The van der Waals surface area contributed by atoms with Crippen molar-refractivity contribution in [1.82, 2.24) is 14.5 Å². The fourth-order valence-electron chi connectivity index (χ4n) is 4.25. The zero-order valence-electron chi connectivity index (χ0n) is 15.0. The Balaban J connectivity index is 1.77. The Kier molecular flexibility index (Phi) is 2.87. The van der Waals surface area contributed by atoms with Crippen molar-refractivity contribution in [2.45, 2.75) is 13.5 Å². The summed E-state index contributed by atoms with van der Waals surface area (Å²) in [4.78, 5) is 9.67. The van der Waals surface area contributed by atoms with E-state index in [0.717, 1.165) is 39.4 Å². The van der Waals surface area contributed by atoms with Gasteiger partial charge in [-0.25, -0.2) is 9.97 Å². The number of hydrogen-bond acceptors (Lipinski definition) is 2. The Labute approximate surface area is 155 Å². The van der Waals surface area contributed by atoms with E-state index in [1.807, 2.05) is 18.2 Å². The zero-order chi connectivity index (χ0) is 18.0. The summed E-state index contributed by atoms with van der Waals surface area (Å²) in [5.74, 6) is 0. The largest absolute Gasteiger partial charge is 0.341 e. The number of benzene rings is 3. The first-order valence-electron chi connectivity index (χ1n) is 9.33. The summed E-state index contributed by atoms with van der Waals surface area (Å²) in [5, 5.41) is 5.93. The summed E-state index contributed by atoms with van der Waals surface area (Å²) >= 11 is 0. The highest BCUT2D eigenvalue weighted by Gasteiger charge is 2.12. The van der Waals surface area contributed by atoms with Gasteiger partial charge in [0, 0.05) is 44.5 Å². The third kappa shape index (κ3) is 2.02. The lowest BCUT2D eigenvalue weighted by atomic mass is 10.1. The van der Waals surface area contributed by atoms with Gasteiger partial charge in [0.1, 0.15) is 0 Å². The van der Waals surface area contributed by atoms with Gasteiger partial charge in [0.25, 0.3) is 0 Å². The molecule has 0 saturated heterocycles. The Morgan fingerprint density at radius 1 is 0.667 bits per heavy atom. The molecule has 27 heavy (non-hydrogen) atoms. The Morgan fingerprint density at radius 2 is 1.44 bits per heavy atom. The standard InChI is InChI=1S/C24H17N3/c1-2-27-22-10-6-4-8-18(22)19-14-21-16(13-23(19)27)12-17-11-15-7-3-5-9-20(15)25-24(17)26-21/h3-14H,2H2,1H3. The van der Waals surface area contributed by atoms with Gasteiger partial charge in [-0.2, -0.15) is 0 Å². The molecule has 128 valence electrons. The number of pyridine rings is 2. The summed E-state index contributed by atoms with van der Waals surface area (Å²) in [6.45, 7) is 3.15. The molecule has 0 amide bonds. The molecule has 0 fully saturated rings. The highest BCUT2D eigenvalue weighted by molar-refractivity contribution is 6.13. The van der Waals surface area contributed by atoms with Crippen LogP contribution in [0, 0.1) is 0 Å². The number of aromatic nitrogens is 3. The first-order chi connectivity index (χ1) is 13.3. The molecule has 6 rings (SSSR count). The van der Waals surface area contributed by atoms with Crippen molar-refractivity contribution in [2.24, 2.45) is 0 Å². The van der Waals surface area contributed by atoms with E-state index in [1.165, 1.54) is 21.8 Å². The van der Waals surface area contributed by atoms with Crippen molar-refractivity contribution in [3.63, 3.8) is 0 Å². The smallest absolute Gasteiger partial charge is 0.160 e. The molecule has 0 aliphatic heterocycles. The molecule has 0 bridgehead atoms. The average Bonchev–Trinajstić information content (AvgIpc) is 3.01. The molecule has 3 heterocycles.